The molecule has 12 rings (SSSR count). The maximum absolute atomic E-state index is 14.4. The van der Waals surface area contributed by atoms with Gasteiger partial charge in [0.15, 0.2) is 0 Å². The van der Waals surface area contributed by atoms with Crippen molar-refractivity contribution in [1.82, 2.24) is 13.7 Å². The standard InChI is InChI=1S/C53H24F6N6S/c54-52(55,56)28-17-19-44-34(21-28)30-9-1-5-13-41(30)63(44)49-38(25-60)50(64-42-14-6-2-10-31(42)35-22-29(53(57,58)59)18-20-45(35)64)40(27-62)51(39(49)26-61)65-43-15-7-3-11-32(43)36-23-37-33-12-4-8-16-47(33)66-48(37)24-46(36)65/h1-24H. The average molecular weight is 891 g/mol. The van der Waals surface area contributed by atoms with Gasteiger partial charge in [0.25, 0.3) is 0 Å². The molecule has 0 bridgehead atoms. The molecule has 0 aliphatic carbocycles. The minimum atomic E-state index is -4.69. The van der Waals surface area contributed by atoms with Crippen LogP contribution in [0.15, 0.2) is 146 Å². The Morgan fingerprint density at radius 3 is 1.14 bits per heavy atom. The summed E-state index contributed by atoms with van der Waals surface area (Å²) in [6.45, 7) is 0. The van der Waals surface area contributed by atoms with Gasteiger partial charge in [-0.3, -0.25) is 0 Å². The number of halogens is 6. The Hall–Kier alpha value is -8.57. The lowest BCUT2D eigenvalue weighted by Gasteiger charge is -2.23. The number of benzene rings is 8. The number of nitriles is 3. The number of fused-ring (bicyclic) bond motifs is 12. The van der Waals surface area contributed by atoms with Crippen LogP contribution in [0, 0.1) is 34.0 Å². The van der Waals surface area contributed by atoms with Gasteiger partial charge in [-0.2, -0.15) is 42.1 Å². The van der Waals surface area contributed by atoms with E-state index in [1.807, 2.05) is 59.2 Å². The van der Waals surface area contributed by atoms with Crippen LogP contribution in [0.2, 0.25) is 0 Å². The Balaban J connectivity index is 1.34. The first-order valence-corrected chi connectivity index (χ1v) is 21.2. The van der Waals surface area contributed by atoms with Crippen LogP contribution in [0.5, 0.6) is 0 Å². The molecule has 0 atom stereocenters. The highest BCUT2D eigenvalue weighted by atomic mass is 32.1. The molecule has 0 radical (unpaired) electrons. The minimum absolute atomic E-state index is 0.0262. The molecule has 8 aromatic carbocycles. The predicted molar refractivity (Wildman–Crippen MR) is 246 cm³/mol. The lowest BCUT2D eigenvalue weighted by atomic mass is 9.96. The zero-order valence-electron chi connectivity index (χ0n) is 33.7. The fourth-order valence-electron chi connectivity index (χ4n) is 9.91. The molecule has 0 unspecified atom stereocenters. The number of hydrogen-bond acceptors (Lipinski definition) is 4. The van der Waals surface area contributed by atoms with E-state index in [0.717, 1.165) is 55.2 Å². The lowest BCUT2D eigenvalue weighted by molar-refractivity contribution is -0.138. The van der Waals surface area contributed by atoms with Crippen molar-refractivity contribution >= 4 is 96.9 Å². The summed E-state index contributed by atoms with van der Waals surface area (Å²) < 4.78 is 93.1. The molecule has 4 aromatic heterocycles. The lowest BCUT2D eigenvalue weighted by Crippen LogP contribution is -2.14. The first-order chi connectivity index (χ1) is 31.9. The molecule has 0 spiro atoms. The van der Waals surface area contributed by atoms with E-state index in [1.54, 1.807) is 69.0 Å². The maximum Gasteiger partial charge on any atom is 0.416 e. The molecule has 0 saturated carbocycles. The summed E-state index contributed by atoms with van der Waals surface area (Å²) in [5.41, 5.74) is 0.206. The van der Waals surface area contributed by atoms with Crippen molar-refractivity contribution in [1.29, 1.82) is 15.8 Å². The van der Waals surface area contributed by atoms with Gasteiger partial charge < -0.3 is 13.7 Å². The first kappa shape index (κ1) is 39.1. The second kappa shape index (κ2) is 13.7. The third-order valence-corrected chi connectivity index (χ3v) is 13.7. The monoisotopic (exact) mass is 890 g/mol. The number of thiophene rings is 1. The highest BCUT2D eigenvalue weighted by Crippen LogP contribution is 2.48. The summed E-state index contributed by atoms with van der Waals surface area (Å²) in [5.74, 6) is 0. The average Bonchev–Trinajstić information content (AvgIpc) is 4.05. The molecule has 0 aliphatic heterocycles. The van der Waals surface area contributed by atoms with Gasteiger partial charge in [-0.05, 0) is 72.8 Å². The van der Waals surface area contributed by atoms with Gasteiger partial charge >= 0.3 is 12.4 Å². The van der Waals surface area contributed by atoms with Crippen LogP contribution in [0.25, 0.3) is 103 Å². The van der Waals surface area contributed by atoms with Crippen LogP contribution in [0.1, 0.15) is 27.8 Å². The number of nitrogens with zero attached hydrogens (tertiary/aromatic N) is 6. The predicted octanol–water partition coefficient (Wildman–Crippen LogP) is 15.0. The number of alkyl halides is 6. The highest BCUT2D eigenvalue weighted by molar-refractivity contribution is 7.25. The molecule has 4 heterocycles. The Labute approximate surface area is 372 Å². The van der Waals surface area contributed by atoms with E-state index >= 15 is 0 Å². The molecule has 12 aromatic rings. The second-order valence-electron chi connectivity index (χ2n) is 16.0. The van der Waals surface area contributed by atoms with Gasteiger partial charge in [0, 0.05) is 52.5 Å². The second-order valence-corrected chi connectivity index (χ2v) is 17.1. The minimum Gasteiger partial charge on any atom is -0.306 e. The number of rotatable bonds is 3. The summed E-state index contributed by atoms with van der Waals surface area (Å²) in [6, 6.07) is 46.6. The largest absolute Gasteiger partial charge is 0.416 e. The van der Waals surface area contributed by atoms with Crippen molar-refractivity contribution in [2.45, 2.75) is 12.4 Å². The maximum atomic E-state index is 14.4. The molecule has 0 saturated heterocycles. The summed E-state index contributed by atoms with van der Waals surface area (Å²) in [4.78, 5) is 0. The molecule has 13 heteroatoms. The van der Waals surface area contributed by atoms with E-state index in [-0.39, 0.29) is 55.6 Å². The summed E-state index contributed by atoms with van der Waals surface area (Å²) in [6.07, 6.45) is -9.39. The van der Waals surface area contributed by atoms with E-state index in [0.29, 0.717) is 32.8 Å². The van der Waals surface area contributed by atoms with Gasteiger partial charge in [0.2, 0.25) is 0 Å². The topological polar surface area (TPSA) is 86.2 Å². The van der Waals surface area contributed by atoms with Crippen LogP contribution < -0.4 is 0 Å². The van der Waals surface area contributed by atoms with Gasteiger partial charge in [-0.1, -0.05) is 72.8 Å². The fraction of sp³-hybridized carbons (Fsp3) is 0.0377. The Morgan fingerprint density at radius 2 is 0.712 bits per heavy atom. The van der Waals surface area contributed by atoms with Gasteiger partial charge in [-0.15, -0.1) is 11.3 Å². The Morgan fingerprint density at radius 1 is 0.348 bits per heavy atom. The summed E-state index contributed by atoms with van der Waals surface area (Å²) in [5, 5.41) is 39.7. The molecule has 0 N–H and O–H groups in total. The first-order valence-electron chi connectivity index (χ1n) is 20.4. The molecule has 0 aliphatic rings. The summed E-state index contributed by atoms with van der Waals surface area (Å²) in [7, 11) is 0. The van der Waals surface area contributed by atoms with Crippen LogP contribution in [-0.2, 0) is 12.4 Å². The quantitative estimate of drug-likeness (QED) is 0.166. The number of aromatic nitrogens is 3. The van der Waals surface area contributed by atoms with E-state index in [4.69, 9.17) is 0 Å². The molecular formula is C53H24F6N6S. The van der Waals surface area contributed by atoms with E-state index in [1.165, 1.54) is 12.1 Å². The number of hydrogen-bond donors (Lipinski definition) is 0. The Bertz CT molecular complexity index is 4080. The third-order valence-electron chi connectivity index (χ3n) is 12.6. The van der Waals surface area contributed by atoms with Crippen LogP contribution >= 0.6 is 11.3 Å². The van der Waals surface area contributed by atoms with Gasteiger partial charge in [0.1, 0.15) is 34.9 Å². The van der Waals surface area contributed by atoms with Crippen molar-refractivity contribution in [3.63, 3.8) is 0 Å². The fourth-order valence-corrected chi connectivity index (χ4v) is 11.0. The normalized spacial score (nSPS) is 12.3. The van der Waals surface area contributed by atoms with Crippen LogP contribution in [0.4, 0.5) is 26.3 Å². The van der Waals surface area contributed by atoms with Crippen LogP contribution in [0.3, 0.4) is 0 Å². The smallest absolute Gasteiger partial charge is 0.306 e. The van der Waals surface area contributed by atoms with Crippen molar-refractivity contribution in [3.05, 3.63) is 173 Å². The van der Waals surface area contributed by atoms with E-state index in [9.17, 15) is 42.1 Å². The number of para-hydroxylation sites is 3. The summed E-state index contributed by atoms with van der Waals surface area (Å²) >= 11 is 1.58. The SMILES string of the molecule is N#Cc1c(-n2c3ccccc3c3cc(C(F)(F)F)ccc32)c(C#N)c(-n2c3ccccc3c3cc4c(cc32)sc2ccccc24)c(C#N)c1-n1c2ccccc2c2cc(C(F)(F)F)ccc21. The van der Waals surface area contributed by atoms with Gasteiger partial charge in [-0.25, -0.2) is 0 Å². The van der Waals surface area contributed by atoms with Crippen molar-refractivity contribution in [2.24, 2.45) is 0 Å². The molecule has 0 amide bonds. The highest BCUT2D eigenvalue weighted by Gasteiger charge is 2.36. The molecule has 314 valence electrons. The zero-order valence-corrected chi connectivity index (χ0v) is 34.5. The van der Waals surface area contributed by atoms with Gasteiger partial charge in [0.05, 0.1) is 61.3 Å². The van der Waals surface area contributed by atoms with E-state index in [2.05, 4.69) is 24.3 Å². The van der Waals surface area contributed by atoms with Crippen molar-refractivity contribution in [3.8, 4) is 35.3 Å². The van der Waals surface area contributed by atoms with E-state index < -0.39 is 23.5 Å². The van der Waals surface area contributed by atoms with Crippen LogP contribution in [-0.4, -0.2) is 13.7 Å². The molecule has 0 fully saturated rings. The van der Waals surface area contributed by atoms with Crippen molar-refractivity contribution in [2.75, 3.05) is 0 Å². The zero-order chi connectivity index (χ0) is 45.4. The Kier molecular flexibility index (Phi) is 8.12. The third kappa shape index (κ3) is 5.34. The molecule has 6 nitrogen and oxygen atoms in total. The van der Waals surface area contributed by atoms with Crippen molar-refractivity contribution < 1.29 is 26.3 Å². The molecule has 66 heavy (non-hydrogen) atoms. The molecular weight excluding hydrogens is 867 g/mol.